The van der Waals surface area contributed by atoms with Crippen LogP contribution in [0.4, 0.5) is 14.6 Å². The molecule has 0 bridgehead atoms. The molecule has 1 aromatic carbocycles. The number of aliphatic carboxylic acids is 1. The molecular weight excluding hydrogens is 492 g/mol. The lowest BCUT2D eigenvalue weighted by molar-refractivity contribution is -0.136. The molecule has 0 saturated carbocycles. The van der Waals surface area contributed by atoms with Crippen LogP contribution in [-0.4, -0.2) is 34.2 Å². The lowest BCUT2D eigenvalue weighted by Gasteiger charge is -2.08. The number of halogens is 3. The molecule has 0 fully saturated rings. The second kappa shape index (κ2) is 10.6. The molecule has 2 aromatic heterocycles. The molecular formula is C21H20BrF2N3O3S. The summed E-state index contributed by atoms with van der Waals surface area (Å²) in [6.07, 6.45) is 1.93. The van der Waals surface area contributed by atoms with Gasteiger partial charge in [0.25, 0.3) is 0 Å². The van der Waals surface area contributed by atoms with Crippen LogP contribution >= 0.6 is 27.3 Å². The van der Waals surface area contributed by atoms with Crippen molar-refractivity contribution in [3.8, 4) is 16.3 Å². The van der Waals surface area contributed by atoms with Gasteiger partial charge >= 0.3 is 5.97 Å². The number of aromatic nitrogens is 2. The summed E-state index contributed by atoms with van der Waals surface area (Å²) < 4.78 is 33.9. The number of carboxylic acids is 1. The van der Waals surface area contributed by atoms with Gasteiger partial charge in [0, 0.05) is 33.6 Å². The molecule has 6 nitrogen and oxygen atoms in total. The van der Waals surface area contributed by atoms with E-state index in [-0.39, 0.29) is 24.9 Å². The van der Waals surface area contributed by atoms with Crippen molar-refractivity contribution in [2.24, 2.45) is 0 Å². The number of carboxylic acid groups (broad SMARTS) is 1. The first kappa shape index (κ1) is 23.1. The van der Waals surface area contributed by atoms with Crippen molar-refractivity contribution in [2.75, 3.05) is 18.5 Å². The van der Waals surface area contributed by atoms with E-state index in [1.165, 1.54) is 29.8 Å². The van der Waals surface area contributed by atoms with Crippen molar-refractivity contribution in [3.63, 3.8) is 0 Å². The Morgan fingerprint density at radius 3 is 2.61 bits per heavy atom. The highest BCUT2D eigenvalue weighted by atomic mass is 79.9. The van der Waals surface area contributed by atoms with Gasteiger partial charge in [-0.05, 0) is 31.9 Å². The molecule has 0 spiro atoms. The SMILES string of the molecule is CCOc1cc(-c2cc(NCCc3c(F)cc(Br)cc3F)ncn2)sc1CCC(=O)O. The quantitative estimate of drug-likeness (QED) is 0.383. The maximum atomic E-state index is 14.0. The van der Waals surface area contributed by atoms with Gasteiger partial charge in [-0.2, -0.15) is 0 Å². The fourth-order valence-corrected chi connectivity index (χ4v) is 4.40. The molecule has 3 rings (SSSR count). The first-order chi connectivity index (χ1) is 14.9. The molecule has 0 aliphatic carbocycles. The zero-order valence-corrected chi connectivity index (χ0v) is 19.0. The summed E-state index contributed by atoms with van der Waals surface area (Å²) in [5.74, 6) is -0.912. The van der Waals surface area contributed by atoms with Crippen molar-refractivity contribution in [2.45, 2.75) is 26.2 Å². The van der Waals surface area contributed by atoms with Gasteiger partial charge in [0.2, 0.25) is 0 Å². The van der Waals surface area contributed by atoms with E-state index >= 15 is 0 Å². The van der Waals surface area contributed by atoms with E-state index in [9.17, 15) is 13.6 Å². The molecule has 31 heavy (non-hydrogen) atoms. The second-order valence-electron chi connectivity index (χ2n) is 6.54. The van der Waals surface area contributed by atoms with Crippen LogP contribution < -0.4 is 10.1 Å². The van der Waals surface area contributed by atoms with E-state index in [0.717, 1.165) is 9.75 Å². The number of carbonyl (C=O) groups is 1. The Morgan fingerprint density at radius 2 is 1.94 bits per heavy atom. The highest BCUT2D eigenvalue weighted by Crippen LogP contribution is 2.36. The Labute approximate surface area is 190 Å². The normalized spacial score (nSPS) is 10.8. The minimum absolute atomic E-state index is 0.00710. The summed E-state index contributed by atoms with van der Waals surface area (Å²) in [5, 5.41) is 12.0. The van der Waals surface area contributed by atoms with Crippen molar-refractivity contribution < 1.29 is 23.4 Å². The first-order valence-electron chi connectivity index (χ1n) is 9.54. The third-order valence-electron chi connectivity index (χ3n) is 4.34. The van der Waals surface area contributed by atoms with Crippen LogP contribution in [0.2, 0.25) is 0 Å². The zero-order chi connectivity index (χ0) is 22.4. The Hall–Kier alpha value is -2.59. The number of nitrogens with zero attached hydrogens (tertiary/aromatic N) is 2. The van der Waals surface area contributed by atoms with Gasteiger partial charge in [0.05, 0.1) is 23.6 Å². The van der Waals surface area contributed by atoms with Crippen molar-refractivity contribution in [3.05, 3.63) is 57.1 Å². The van der Waals surface area contributed by atoms with Crippen molar-refractivity contribution in [1.82, 2.24) is 9.97 Å². The van der Waals surface area contributed by atoms with Gasteiger partial charge in [-0.3, -0.25) is 4.79 Å². The molecule has 2 N–H and O–H groups in total. The largest absolute Gasteiger partial charge is 0.493 e. The monoisotopic (exact) mass is 511 g/mol. The van der Waals surface area contributed by atoms with Gasteiger partial charge in [-0.15, -0.1) is 11.3 Å². The van der Waals surface area contributed by atoms with Crippen LogP contribution in [0.15, 0.2) is 35.1 Å². The number of ether oxygens (including phenoxy) is 1. The number of benzene rings is 1. The summed E-state index contributed by atoms with van der Waals surface area (Å²) >= 11 is 4.48. The third-order valence-corrected chi connectivity index (χ3v) is 6.00. The topological polar surface area (TPSA) is 84.3 Å². The number of hydrogen-bond donors (Lipinski definition) is 2. The highest BCUT2D eigenvalue weighted by molar-refractivity contribution is 9.10. The number of anilines is 1. The van der Waals surface area contributed by atoms with Crippen LogP contribution in [0, 0.1) is 11.6 Å². The lowest BCUT2D eigenvalue weighted by atomic mass is 10.1. The van der Waals surface area contributed by atoms with Gasteiger partial charge in [-0.25, -0.2) is 18.7 Å². The summed E-state index contributed by atoms with van der Waals surface area (Å²) in [4.78, 5) is 21.0. The fraction of sp³-hybridized carbons (Fsp3) is 0.286. The molecule has 0 unspecified atom stereocenters. The second-order valence-corrected chi connectivity index (χ2v) is 8.59. The molecule has 0 saturated heterocycles. The average Bonchev–Trinajstić information content (AvgIpc) is 3.12. The molecule has 3 aromatic rings. The molecule has 2 heterocycles. The van der Waals surface area contributed by atoms with Crippen LogP contribution in [0.5, 0.6) is 5.75 Å². The van der Waals surface area contributed by atoms with Crippen LogP contribution in [0.3, 0.4) is 0 Å². The molecule has 0 radical (unpaired) electrons. The molecule has 164 valence electrons. The smallest absolute Gasteiger partial charge is 0.303 e. The summed E-state index contributed by atoms with van der Waals surface area (Å²) in [5.41, 5.74) is 0.652. The van der Waals surface area contributed by atoms with Crippen molar-refractivity contribution in [1.29, 1.82) is 0 Å². The number of hydrogen-bond acceptors (Lipinski definition) is 6. The summed E-state index contributed by atoms with van der Waals surface area (Å²) in [7, 11) is 0. The van der Waals surface area contributed by atoms with E-state index in [0.29, 0.717) is 34.8 Å². The summed E-state index contributed by atoms with van der Waals surface area (Å²) in [6, 6.07) is 6.03. The zero-order valence-electron chi connectivity index (χ0n) is 16.6. The van der Waals surface area contributed by atoms with E-state index in [1.807, 2.05) is 13.0 Å². The molecule has 10 heteroatoms. The maximum absolute atomic E-state index is 14.0. The first-order valence-corrected chi connectivity index (χ1v) is 11.1. The number of thiophene rings is 1. The number of aryl methyl sites for hydroxylation is 1. The predicted octanol–water partition coefficient (Wildman–Crippen LogP) is 5.32. The minimum atomic E-state index is -0.871. The Morgan fingerprint density at radius 1 is 1.19 bits per heavy atom. The van der Waals surface area contributed by atoms with Gasteiger partial charge in [-0.1, -0.05) is 15.9 Å². The van der Waals surface area contributed by atoms with E-state index in [4.69, 9.17) is 9.84 Å². The predicted molar refractivity (Wildman–Crippen MR) is 119 cm³/mol. The van der Waals surface area contributed by atoms with E-state index in [1.54, 1.807) is 6.07 Å². The fourth-order valence-electron chi connectivity index (χ4n) is 2.93. The Kier molecular flexibility index (Phi) is 7.91. The van der Waals surface area contributed by atoms with Crippen LogP contribution in [-0.2, 0) is 17.6 Å². The minimum Gasteiger partial charge on any atom is -0.493 e. The maximum Gasteiger partial charge on any atom is 0.303 e. The number of nitrogens with one attached hydrogen (secondary N) is 1. The van der Waals surface area contributed by atoms with E-state index < -0.39 is 17.6 Å². The summed E-state index contributed by atoms with van der Waals surface area (Å²) in [6.45, 7) is 2.61. The molecule has 0 amide bonds. The van der Waals surface area contributed by atoms with Gasteiger partial charge in [0.1, 0.15) is 29.5 Å². The standard InChI is InChI=1S/C21H20BrF2N3O3S/c1-2-30-17-10-19(31-18(17)3-4-21(28)29)16-9-20(27-11-26-16)25-6-5-13-14(23)7-12(22)8-15(13)24/h7-11H,2-6H2,1H3,(H,28,29)(H,25,26,27). The van der Waals surface area contributed by atoms with Crippen LogP contribution in [0.1, 0.15) is 23.8 Å². The van der Waals surface area contributed by atoms with E-state index in [2.05, 4.69) is 31.2 Å². The van der Waals surface area contributed by atoms with Crippen LogP contribution in [0.25, 0.3) is 10.6 Å². The third kappa shape index (κ3) is 6.20. The Bertz CT molecular complexity index is 1050. The molecule has 0 aliphatic heterocycles. The molecule has 0 atom stereocenters. The van der Waals surface area contributed by atoms with Crippen molar-refractivity contribution >= 4 is 39.1 Å². The van der Waals surface area contributed by atoms with Gasteiger partial charge in [0.15, 0.2) is 0 Å². The van der Waals surface area contributed by atoms with Gasteiger partial charge < -0.3 is 15.2 Å². The highest BCUT2D eigenvalue weighted by Gasteiger charge is 2.15. The molecule has 0 aliphatic rings. The lowest BCUT2D eigenvalue weighted by Crippen LogP contribution is -2.09. The number of rotatable bonds is 10. The Balaban J connectivity index is 1.71. The average molecular weight is 512 g/mol.